The number of anilines is 1. The summed E-state index contributed by atoms with van der Waals surface area (Å²) in [4.78, 5) is 23.7. The Kier molecular flexibility index (Phi) is 5.54. The fourth-order valence-corrected chi connectivity index (χ4v) is 3.05. The van der Waals surface area contributed by atoms with Gasteiger partial charge < -0.3 is 14.4 Å². The minimum atomic E-state index is -0.792. The topological polar surface area (TPSA) is 81.9 Å². The van der Waals surface area contributed by atoms with Gasteiger partial charge in [0.25, 0.3) is 5.69 Å². The van der Waals surface area contributed by atoms with E-state index in [1.807, 2.05) is 35.2 Å². The molecule has 0 fully saturated rings. The van der Waals surface area contributed by atoms with Crippen LogP contribution in [0.3, 0.4) is 0 Å². The summed E-state index contributed by atoms with van der Waals surface area (Å²) in [5.74, 6) is -1.19. The van der Waals surface area contributed by atoms with E-state index in [4.69, 9.17) is 4.74 Å². The molecule has 1 heterocycles. The number of ether oxygens (including phenoxy) is 2. The van der Waals surface area contributed by atoms with Crippen LogP contribution in [0.15, 0.2) is 42.5 Å². The number of fused-ring (bicyclic) bond motifs is 1. The van der Waals surface area contributed by atoms with Gasteiger partial charge in [-0.05, 0) is 12.0 Å². The highest BCUT2D eigenvalue weighted by Crippen LogP contribution is 2.40. The van der Waals surface area contributed by atoms with Crippen LogP contribution in [0, 0.1) is 15.9 Å². The van der Waals surface area contributed by atoms with Crippen LogP contribution >= 0.6 is 0 Å². The van der Waals surface area contributed by atoms with E-state index in [0.717, 1.165) is 11.6 Å². The second-order valence-electron chi connectivity index (χ2n) is 6.25. The zero-order valence-electron chi connectivity index (χ0n) is 14.8. The number of nitrogens with zero attached hydrogens (tertiary/aromatic N) is 2. The predicted molar refractivity (Wildman–Crippen MR) is 96.2 cm³/mol. The van der Waals surface area contributed by atoms with Crippen molar-refractivity contribution in [3.63, 3.8) is 0 Å². The van der Waals surface area contributed by atoms with Crippen molar-refractivity contribution in [1.29, 1.82) is 0 Å². The van der Waals surface area contributed by atoms with Crippen molar-refractivity contribution < 1.29 is 23.6 Å². The van der Waals surface area contributed by atoms with Crippen LogP contribution in [-0.4, -0.2) is 30.7 Å². The Morgan fingerprint density at radius 1 is 1.37 bits per heavy atom. The van der Waals surface area contributed by atoms with Gasteiger partial charge in [0.05, 0.1) is 30.3 Å². The molecule has 1 aliphatic heterocycles. The maximum atomic E-state index is 14.5. The van der Waals surface area contributed by atoms with Crippen molar-refractivity contribution in [3.8, 4) is 5.75 Å². The quantitative estimate of drug-likeness (QED) is 0.438. The van der Waals surface area contributed by atoms with Crippen LogP contribution in [0.5, 0.6) is 5.75 Å². The van der Waals surface area contributed by atoms with E-state index in [2.05, 4.69) is 4.74 Å². The largest absolute Gasteiger partial charge is 0.483 e. The zero-order valence-corrected chi connectivity index (χ0v) is 14.8. The fraction of sp³-hybridized carbons (Fsp3) is 0.316. The molecular formula is C19H19FN2O5. The molecule has 2 aromatic rings. The number of non-ortho nitro benzene ring substituents is 1. The number of carbonyl (C=O) groups excluding carboxylic acids is 1. The van der Waals surface area contributed by atoms with Crippen LogP contribution in [0.1, 0.15) is 18.4 Å². The summed E-state index contributed by atoms with van der Waals surface area (Å²) < 4.78 is 24.9. The lowest BCUT2D eigenvalue weighted by Crippen LogP contribution is -2.40. The first kappa shape index (κ1) is 18.6. The molecule has 27 heavy (non-hydrogen) atoms. The molecule has 7 nitrogen and oxygen atoms in total. The van der Waals surface area contributed by atoms with Crippen LogP contribution in [0.2, 0.25) is 0 Å². The number of hydrogen-bond acceptors (Lipinski definition) is 6. The summed E-state index contributed by atoms with van der Waals surface area (Å²) >= 11 is 0. The molecule has 1 atom stereocenters. The number of halogens is 1. The van der Waals surface area contributed by atoms with Gasteiger partial charge in [0.15, 0.2) is 11.6 Å². The molecule has 0 unspecified atom stereocenters. The highest BCUT2D eigenvalue weighted by Gasteiger charge is 2.31. The second kappa shape index (κ2) is 8.03. The van der Waals surface area contributed by atoms with E-state index < -0.39 is 16.8 Å². The number of rotatable bonds is 6. The number of methoxy groups -OCH3 is 1. The lowest BCUT2D eigenvalue weighted by atomic mass is 10.1. The van der Waals surface area contributed by atoms with Crippen LogP contribution in [-0.2, 0) is 16.1 Å². The molecule has 0 aromatic heterocycles. The molecule has 0 N–H and O–H groups in total. The Bertz CT molecular complexity index is 843. The predicted octanol–water partition coefficient (Wildman–Crippen LogP) is 3.45. The van der Waals surface area contributed by atoms with Crippen molar-refractivity contribution in [2.45, 2.75) is 25.5 Å². The number of hydrogen-bond donors (Lipinski definition) is 0. The molecule has 2 aromatic carbocycles. The summed E-state index contributed by atoms with van der Waals surface area (Å²) in [7, 11) is 1.31. The number of nitro benzene ring substituents is 1. The normalized spacial score (nSPS) is 15.6. The second-order valence-corrected chi connectivity index (χ2v) is 6.25. The van der Waals surface area contributed by atoms with E-state index in [1.165, 1.54) is 13.2 Å². The molecule has 3 rings (SSSR count). The van der Waals surface area contributed by atoms with Gasteiger partial charge in [0.1, 0.15) is 6.10 Å². The van der Waals surface area contributed by atoms with Crippen molar-refractivity contribution in [2.24, 2.45) is 0 Å². The van der Waals surface area contributed by atoms with E-state index in [1.54, 1.807) is 0 Å². The van der Waals surface area contributed by atoms with Crippen molar-refractivity contribution >= 4 is 17.3 Å². The van der Waals surface area contributed by atoms with Gasteiger partial charge in [-0.1, -0.05) is 30.3 Å². The Hall–Kier alpha value is -3.16. The molecule has 0 saturated heterocycles. The monoisotopic (exact) mass is 374 g/mol. The molecule has 1 aliphatic rings. The maximum Gasteiger partial charge on any atom is 0.305 e. The van der Waals surface area contributed by atoms with E-state index in [-0.39, 0.29) is 23.8 Å². The Morgan fingerprint density at radius 2 is 2.11 bits per heavy atom. The van der Waals surface area contributed by atoms with Gasteiger partial charge in [0, 0.05) is 19.0 Å². The van der Waals surface area contributed by atoms with Crippen molar-refractivity contribution in [1.82, 2.24) is 0 Å². The van der Waals surface area contributed by atoms with Gasteiger partial charge in [0.2, 0.25) is 0 Å². The van der Waals surface area contributed by atoms with Gasteiger partial charge >= 0.3 is 5.97 Å². The van der Waals surface area contributed by atoms with Crippen LogP contribution in [0.4, 0.5) is 15.8 Å². The fourth-order valence-electron chi connectivity index (χ4n) is 3.05. The first-order valence-electron chi connectivity index (χ1n) is 8.48. The highest BCUT2D eigenvalue weighted by atomic mass is 19.1. The molecule has 0 saturated carbocycles. The van der Waals surface area contributed by atoms with Gasteiger partial charge in [-0.15, -0.1) is 0 Å². The van der Waals surface area contributed by atoms with Gasteiger partial charge in [-0.2, -0.15) is 0 Å². The lowest BCUT2D eigenvalue weighted by Gasteiger charge is -2.36. The van der Waals surface area contributed by atoms with Crippen molar-refractivity contribution in [3.05, 3.63) is 64.0 Å². The Morgan fingerprint density at radius 3 is 2.78 bits per heavy atom. The number of carbonyl (C=O) groups is 1. The molecule has 0 radical (unpaired) electrons. The number of esters is 1. The molecule has 0 amide bonds. The van der Waals surface area contributed by atoms with E-state index in [9.17, 15) is 19.3 Å². The molecular weight excluding hydrogens is 355 g/mol. The third-order valence-electron chi connectivity index (χ3n) is 4.38. The van der Waals surface area contributed by atoms with Gasteiger partial charge in [-0.25, -0.2) is 4.39 Å². The first-order valence-corrected chi connectivity index (χ1v) is 8.48. The smallest absolute Gasteiger partial charge is 0.305 e. The molecule has 8 heteroatoms. The standard InChI is InChI=1S/C19H19FN2O5/c1-26-18(23)8-7-15-12-21(11-13-5-3-2-4-6-13)17-10-14(22(24)25)9-16(20)19(17)27-15/h2-6,9-10,15H,7-8,11-12H2,1H3/t15-/m0/s1. The summed E-state index contributed by atoms with van der Waals surface area (Å²) in [5, 5.41) is 11.1. The molecule has 0 spiro atoms. The SMILES string of the molecule is COC(=O)CC[C@H]1CN(Cc2ccccc2)c2cc([N+](=O)[O-])cc(F)c2O1. The first-order chi connectivity index (χ1) is 13.0. The van der Waals surface area contributed by atoms with E-state index in [0.29, 0.717) is 25.2 Å². The average Bonchev–Trinajstić information content (AvgIpc) is 2.67. The summed E-state index contributed by atoms with van der Waals surface area (Å²) in [5.41, 5.74) is 0.977. The van der Waals surface area contributed by atoms with Crippen LogP contribution < -0.4 is 9.64 Å². The summed E-state index contributed by atoms with van der Waals surface area (Å²) in [6, 6.07) is 11.7. The van der Waals surface area contributed by atoms with Crippen LogP contribution in [0.25, 0.3) is 0 Å². The Labute approximate surface area is 155 Å². The zero-order chi connectivity index (χ0) is 19.4. The molecule has 0 bridgehead atoms. The average molecular weight is 374 g/mol. The minimum absolute atomic E-state index is 0.0300. The molecule has 142 valence electrons. The Balaban J connectivity index is 1.92. The summed E-state index contributed by atoms with van der Waals surface area (Å²) in [6.07, 6.45) is 0.0641. The summed E-state index contributed by atoms with van der Waals surface area (Å²) in [6.45, 7) is 0.812. The third-order valence-corrected chi connectivity index (χ3v) is 4.38. The maximum absolute atomic E-state index is 14.5. The minimum Gasteiger partial charge on any atom is -0.483 e. The molecule has 0 aliphatic carbocycles. The van der Waals surface area contributed by atoms with Crippen molar-refractivity contribution in [2.75, 3.05) is 18.6 Å². The van der Waals surface area contributed by atoms with E-state index >= 15 is 0 Å². The number of nitro groups is 1. The number of benzene rings is 2. The highest BCUT2D eigenvalue weighted by molar-refractivity contribution is 5.69. The third kappa shape index (κ3) is 4.33. The lowest BCUT2D eigenvalue weighted by molar-refractivity contribution is -0.385. The van der Waals surface area contributed by atoms with Gasteiger partial charge in [-0.3, -0.25) is 14.9 Å².